The van der Waals surface area contributed by atoms with E-state index >= 15 is 0 Å². The normalized spacial score (nSPS) is 11.1. The first-order valence-electron chi connectivity index (χ1n) is 9.86. The Hall–Kier alpha value is -1.39. The average molecular weight is 532 g/mol. The van der Waals surface area contributed by atoms with E-state index in [9.17, 15) is 0 Å². The fraction of sp³-hybridized carbons (Fsp3) is 0.524. The van der Waals surface area contributed by atoms with Gasteiger partial charge in [-0.1, -0.05) is 12.1 Å². The first-order chi connectivity index (χ1) is 13.6. The number of hydrogen-bond donors (Lipinski definition) is 2. The zero-order valence-corrected chi connectivity index (χ0v) is 20.9. The molecule has 1 aromatic carbocycles. The minimum atomic E-state index is 0. The molecule has 0 aliphatic carbocycles. The Morgan fingerprint density at radius 2 is 2.00 bits per heavy atom. The number of nitrogens with one attached hydrogen (secondary N) is 2. The maximum atomic E-state index is 5.91. The third kappa shape index (κ3) is 9.77. The number of benzene rings is 1. The van der Waals surface area contributed by atoms with Crippen LogP contribution in [0.5, 0.6) is 5.75 Å². The van der Waals surface area contributed by atoms with Gasteiger partial charge in [-0.25, -0.2) is 9.98 Å². The van der Waals surface area contributed by atoms with Crippen molar-refractivity contribution >= 4 is 41.3 Å². The van der Waals surface area contributed by atoms with Gasteiger partial charge in [-0.05, 0) is 39.3 Å². The minimum absolute atomic E-state index is 0. The molecule has 0 unspecified atom stereocenters. The van der Waals surface area contributed by atoms with Gasteiger partial charge >= 0.3 is 0 Å². The molecule has 1 heterocycles. The van der Waals surface area contributed by atoms with Gasteiger partial charge in [-0.15, -0.1) is 35.3 Å². The number of aryl methyl sites for hydroxylation is 2. The van der Waals surface area contributed by atoms with Gasteiger partial charge in [-0.3, -0.25) is 0 Å². The zero-order chi connectivity index (χ0) is 20.2. The highest BCUT2D eigenvalue weighted by atomic mass is 127. The van der Waals surface area contributed by atoms with E-state index in [-0.39, 0.29) is 24.0 Å². The highest BCUT2D eigenvalue weighted by Crippen LogP contribution is 2.21. The second-order valence-electron chi connectivity index (χ2n) is 6.39. The molecule has 0 amide bonds. The third-order valence-electron chi connectivity index (χ3n) is 3.96. The van der Waals surface area contributed by atoms with Crippen molar-refractivity contribution in [2.45, 2.75) is 40.7 Å². The molecule has 29 heavy (non-hydrogen) atoms. The largest absolute Gasteiger partial charge is 0.491 e. The van der Waals surface area contributed by atoms with Gasteiger partial charge in [0.1, 0.15) is 12.4 Å². The van der Waals surface area contributed by atoms with E-state index in [0.29, 0.717) is 26.4 Å². The predicted octanol–water partition coefficient (Wildman–Crippen LogP) is 4.09. The van der Waals surface area contributed by atoms with E-state index in [1.807, 2.05) is 13.1 Å². The SMILES string of the molecule is CCNC(=NCc1ccc(C)cc1OCCOCC)NCCc1ncc(C)s1.I. The first kappa shape index (κ1) is 25.6. The molecule has 0 bridgehead atoms. The molecule has 0 saturated heterocycles. The molecule has 0 aliphatic heterocycles. The Balaban J connectivity index is 0.00000420. The summed E-state index contributed by atoms with van der Waals surface area (Å²) in [4.78, 5) is 10.4. The average Bonchev–Trinajstić information content (AvgIpc) is 3.09. The van der Waals surface area contributed by atoms with Crippen molar-refractivity contribution in [2.75, 3.05) is 32.9 Å². The van der Waals surface area contributed by atoms with Gasteiger partial charge in [0, 0.05) is 42.8 Å². The minimum Gasteiger partial charge on any atom is -0.491 e. The van der Waals surface area contributed by atoms with Crippen molar-refractivity contribution in [2.24, 2.45) is 4.99 Å². The van der Waals surface area contributed by atoms with Crippen LogP contribution in [0.2, 0.25) is 0 Å². The van der Waals surface area contributed by atoms with E-state index < -0.39 is 0 Å². The number of aliphatic imine (C=N–C) groups is 1. The van der Waals surface area contributed by atoms with Gasteiger partial charge in [0.25, 0.3) is 0 Å². The highest BCUT2D eigenvalue weighted by Gasteiger charge is 2.06. The smallest absolute Gasteiger partial charge is 0.191 e. The van der Waals surface area contributed by atoms with E-state index in [0.717, 1.165) is 41.8 Å². The lowest BCUT2D eigenvalue weighted by Crippen LogP contribution is -2.38. The molecule has 2 N–H and O–H groups in total. The fourth-order valence-electron chi connectivity index (χ4n) is 2.59. The summed E-state index contributed by atoms with van der Waals surface area (Å²) in [6, 6.07) is 6.23. The standard InChI is InChI=1S/C21H32N4O2S.HI/c1-5-22-21(23-10-9-20-24-14-17(4)28-20)25-15-18-8-7-16(3)13-19(18)27-12-11-26-6-2;/h7-8,13-14H,5-6,9-12,15H2,1-4H3,(H2,22,23,25);1H. The number of thiazole rings is 1. The van der Waals surface area contributed by atoms with Crippen LogP contribution in [0.15, 0.2) is 29.4 Å². The fourth-order valence-corrected chi connectivity index (χ4v) is 3.38. The van der Waals surface area contributed by atoms with Crippen LogP contribution in [0.25, 0.3) is 0 Å². The number of rotatable bonds is 11. The molecule has 8 heteroatoms. The maximum Gasteiger partial charge on any atom is 0.191 e. The van der Waals surface area contributed by atoms with Crippen LogP contribution >= 0.6 is 35.3 Å². The van der Waals surface area contributed by atoms with Crippen LogP contribution < -0.4 is 15.4 Å². The summed E-state index contributed by atoms with van der Waals surface area (Å²) in [6.45, 7) is 12.2. The van der Waals surface area contributed by atoms with Gasteiger partial charge in [0.2, 0.25) is 0 Å². The predicted molar refractivity (Wildman–Crippen MR) is 132 cm³/mol. The lowest BCUT2D eigenvalue weighted by atomic mass is 10.1. The second-order valence-corrected chi connectivity index (χ2v) is 7.71. The van der Waals surface area contributed by atoms with Crippen LogP contribution in [-0.4, -0.2) is 43.9 Å². The van der Waals surface area contributed by atoms with Crippen molar-refractivity contribution in [3.63, 3.8) is 0 Å². The number of nitrogens with zero attached hydrogens (tertiary/aromatic N) is 2. The van der Waals surface area contributed by atoms with Crippen LogP contribution in [0.4, 0.5) is 0 Å². The van der Waals surface area contributed by atoms with Crippen LogP contribution in [0.1, 0.15) is 34.9 Å². The lowest BCUT2D eigenvalue weighted by molar-refractivity contribution is 0.110. The van der Waals surface area contributed by atoms with E-state index in [2.05, 4.69) is 54.6 Å². The van der Waals surface area contributed by atoms with Crippen molar-refractivity contribution in [3.05, 3.63) is 45.4 Å². The summed E-state index contributed by atoms with van der Waals surface area (Å²) < 4.78 is 11.3. The molecular weight excluding hydrogens is 499 g/mol. The van der Waals surface area contributed by atoms with E-state index in [1.54, 1.807) is 11.3 Å². The summed E-state index contributed by atoms with van der Waals surface area (Å²) in [5.74, 6) is 1.68. The number of guanidine groups is 1. The molecule has 0 aliphatic rings. The van der Waals surface area contributed by atoms with Crippen LogP contribution in [-0.2, 0) is 17.7 Å². The molecule has 0 saturated carbocycles. The van der Waals surface area contributed by atoms with E-state index in [4.69, 9.17) is 14.5 Å². The van der Waals surface area contributed by atoms with Gasteiger partial charge < -0.3 is 20.1 Å². The molecule has 0 fully saturated rings. The van der Waals surface area contributed by atoms with E-state index in [1.165, 1.54) is 10.4 Å². The molecule has 0 radical (unpaired) electrons. The molecule has 0 atom stereocenters. The molecule has 162 valence electrons. The topological polar surface area (TPSA) is 67.8 Å². The number of ether oxygens (including phenoxy) is 2. The van der Waals surface area contributed by atoms with Crippen LogP contribution in [0.3, 0.4) is 0 Å². The number of hydrogen-bond acceptors (Lipinski definition) is 5. The Morgan fingerprint density at radius 3 is 2.69 bits per heavy atom. The first-order valence-corrected chi connectivity index (χ1v) is 10.7. The summed E-state index contributed by atoms with van der Waals surface area (Å²) in [5, 5.41) is 7.82. The molecule has 1 aromatic heterocycles. The Bertz CT molecular complexity index is 752. The monoisotopic (exact) mass is 532 g/mol. The Labute approximate surface area is 195 Å². The molecule has 2 rings (SSSR count). The number of halogens is 1. The number of aromatic nitrogens is 1. The summed E-state index contributed by atoms with van der Waals surface area (Å²) in [7, 11) is 0. The van der Waals surface area contributed by atoms with Crippen molar-refractivity contribution in [1.82, 2.24) is 15.6 Å². The van der Waals surface area contributed by atoms with Gasteiger partial charge in [0.15, 0.2) is 5.96 Å². The summed E-state index contributed by atoms with van der Waals surface area (Å²) in [6.07, 6.45) is 2.81. The third-order valence-corrected chi connectivity index (χ3v) is 4.94. The highest BCUT2D eigenvalue weighted by molar-refractivity contribution is 14.0. The van der Waals surface area contributed by atoms with Gasteiger partial charge in [-0.2, -0.15) is 0 Å². The Kier molecular flexibility index (Phi) is 12.9. The lowest BCUT2D eigenvalue weighted by Gasteiger charge is -2.13. The van der Waals surface area contributed by atoms with Gasteiger partial charge in [0.05, 0.1) is 18.2 Å². The van der Waals surface area contributed by atoms with Crippen LogP contribution in [0, 0.1) is 13.8 Å². The molecular formula is C21H33IN4O2S. The molecule has 2 aromatic rings. The summed E-state index contributed by atoms with van der Waals surface area (Å²) >= 11 is 1.74. The summed E-state index contributed by atoms with van der Waals surface area (Å²) in [5.41, 5.74) is 2.23. The van der Waals surface area contributed by atoms with Crippen molar-refractivity contribution in [1.29, 1.82) is 0 Å². The Morgan fingerprint density at radius 1 is 1.17 bits per heavy atom. The van der Waals surface area contributed by atoms with Crippen molar-refractivity contribution < 1.29 is 9.47 Å². The molecule has 6 nitrogen and oxygen atoms in total. The quantitative estimate of drug-likeness (QED) is 0.198. The molecule has 0 spiro atoms. The second kappa shape index (κ2) is 14.6. The van der Waals surface area contributed by atoms with Crippen molar-refractivity contribution in [3.8, 4) is 5.75 Å². The maximum absolute atomic E-state index is 5.91. The zero-order valence-electron chi connectivity index (χ0n) is 17.8.